The number of ketones is 1. The summed E-state index contributed by atoms with van der Waals surface area (Å²) in [7, 11) is 0. The van der Waals surface area contributed by atoms with Crippen molar-refractivity contribution in [3.05, 3.63) is 90.3 Å². The van der Waals surface area contributed by atoms with E-state index in [0.29, 0.717) is 5.56 Å². The molecule has 3 nitrogen and oxygen atoms in total. The number of rotatable bonds is 4. The van der Waals surface area contributed by atoms with Crippen LogP contribution in [0, 0.1) is 0 Å². The summed E-state index contributed by atoms with van der Waals surface area (Å²) < 4.78 is 0. The Morgan fingerprint density at radius 3 is 2.50 bits per heavy atom. The molecule has 0 radical (unpaired) electrons. The molecule has 0 fully saturated rings. The largest absolute Gasteiger partial charge is 0.361 e. The van der Waals surface area contributed by atoms with E-state index in [9.17, 15) is 4.79 Å². The molecule has 0 unspecified atom stereocenters. The first-order chi connectivity index (χ1) is 11.8. The third-order valence-corrected chi connectivity index (χ3v) is 4.11. The summed E-state index contributed by atoms with van der Waals surface area (Å²) in [5, 5.41) is 1.11. The van der Waals surface area contributed by atoms with Crippen LogP contribution in [0.5, 0.6) is 0 Å². The summed E-state index contributed by atoms with van der Waals surface area (Å²) in [6.07, 6.45) is 7.29. The minimum atomic E-state index is -0.00156. The number of fused-ring (bicyclic) bond motifs is 1. The number of nitrogens with one attached hydrogen (secondary N) is 2. The van der Waals surface area contributed by atoms with Crippen LogP contribution in [0.2, 0.25) is 0 Å². The number of benzene rings is 2. The Bertz CT molecular complexity index is 1010. The van der Waals surface area contributed by atoms with Crippen molar-refractivity contribution < 1.29 is 4.79 Å². The van der Waals surface area contributed by atoms with Crippen LogP contribution in [-0.4, -0.2) is 15.8 Å². The smallest absolute Gasteiger partial charge is 0.185 e. The Morgan fingerprint density at radius 1 is 0.875 bits per heavy atom. The highest BCUT2D eigenvalue weighted by molar-refractivity contribution is 6.08. The van der Waals surface area contributed by atoms with Crippen molar-refractivity contribution in [2.24, 2.45) is 0 Å². The Kier molecular flexibility index (Phi) is 3.60. The summed E-state index contributed by atoms with van der Waals surface area (Å²) in [4.78, 5) is 18.7. The number of H-pyrrole nitrogens is 2. The fourth-order valence-electron chi connectivity index (χ4n) is 2.82. The van der Waals surface area contributed by atoms with E-state index in [-0.39, 0.29) is 5.78 Å². The Labute approximate surface area is 139 Å². The molecule has 0 aliphatic rings. The standard InChI is InChI=1S/C21H16N2O/c24-21(12-11-17-14-23-20-5-2-1-4-18(17)20)16-9-7-15(8-10-16)19-6-3-13-22-19/h1-14,22-23H/b12-11+. The van der Waals surface area contributed by atoms with E-state index in [0.717, 1.165) is 27.7 Å². The summed E-state index contributed by atoms with van der Waals surface area (Å²) >= 11 is 0. The summed E-state index contributed by atoms with van der Waals surface area (Å²) in [6.45, 7) is 0. The van der Waals surface area contributed by atoms with Crippen molar-refractivity contribution in [3.8, 4) is 11.3 Å². The van der Waals surface area contributed by atoms with E-state index in [1.54, 1.807) is 6.08 Å². The molecule has 0 bridgehead atoms. The van der Waals surface area contributed by atoms with Gasteiger partial charge in [-0.15, -0.1) is 0 Å². The minimum Gasteiger partial charge on any atom is -0.361 e. The molecule has 0 aliphatic heterocycles. The first kappa shape index (κ1) is 14.3. The maximum Gasteiger partial charge on any atom is 0.185 e. The maximum atomic E-state index is 12.4. The average Bonchev–Trinajstić information content (AvgIpc) is 3.30. The molecule has 2 heterocycles. The van der Waals surface area contributed by atoms with Gasteiger partial charge in [-0.05, 0) is 41.5 Å². The van der Waals surface area contributed by atoms with Gasteiger partial charge in [0.1, 0.15) is 0 Å². The van der Waals surface area contributed by atoms with Crippen molar-refractivity contribution in [1.29, 1.82) is 0 Å². The molecule has 0 saturated carbocycles. The zero-order chi connectivity index (χ0) is 16.4. The van der Waals surface area contributed by atoms with Crippen LogP contribution in [0.15, 0.2) is 79.1 Å². The zero-order valence-electron chi connectivity index (χ0n) is 13.0. The van der Waals surface area contributed by atoms with Crippen LogP contribution in [0.1, 0.15) is 15.9 Å². The van der Waals surface area contributed by atoms with Gasteiger partial charge in [-0.2, -0.15) is 0 Å². The molecule has 0 atom stereocenters. The van der Waals surface area contributed by atoms with E-state index in [1.165, 1.54) is 0 Å². The van der Waals surface area contributed by atoms with Gasteiger partial charge in [0.2, 0.25) is 0 Å². The molecule has 0 aliphatic carbocycles. The van der Waals surface area contributed by atoms with Crippen LogP contribution in [0.4, 0.5) is 0 Å². The molecule has 3 heteroatoms. The zero-order valence-corrected chi connectivity index (χ0v) is 13.0. The number of aromatic nitrogens is 2. The van der Waals surface area contributed by atoms with Crippen LogP contribution >= 0.6 is 0 Å². The van der Waals surface area contributed by atoms with Crippen molar-refractivity contribution >= 4 is 22.8 Å². The van der Waals surface area contributed by atoms with Gasteiger partial charge in [-0.25, -0.2) is 0 Å². The van der Waals surface area contributed by atoms with Gasteiger partial charge in [-0.1, -0.05) is 42.5 Å². The topological polar surface area (TPSA) is 48.6 Å². The number of aromatic amines is 2. The predicted molar refractivity (Wildman–Crippen MR) is 97.9 cm³/mol. The van der Waals surface area contributed by atoms with E-state index in [1.807, 2.05) is 79.1 Å². The fraction of sp³-hybridized carbons (Fsp3) is 0. The van der Waals surface area contributed by atoms with Gasteiger partial charge >= 0.3 is 0 Å². The lowest BCUT2D eigenvalue weighted by atomic mass is 10.1. The number of hydrogen-bond donors (Lipinski definition) is 2. The third kappa shape index (κ3) is 2.68. The molecular formula is C21H16N2O. The second kappa shape index (κ2) is 6.05. The average molecular weight is 312 g/mol. The molecule has 116 valence electrons. The van der Waals surface area contributed by atoms with Gasteiger partial charge in [-0.3, -0.25) is 4.79 Å². The normalized spacial score (nSPS) is 11.3. The Hall–Kier alpha value is -3.33. The molecule has 0 saturated heterocycles. The van der Waals surface area contributed by atoms with Gasteiger partial charge in [0, 0.05) is 34.6 Å². The number of carbonyl (C=O) groups excluding carboxylic acids is 1. The van der Waals surface area contributed by atoms with Crippen LogP contribution < -0.4 is 0 Å². The molecule has 2 aromatic carbocycles. The number of hydrogen-bond acceptors (Lipinski definition) is 1. The number of allylic oxidation sites excluding steroid dienone is 1. The van der Waals surface area contributed by atoms with Gasteiger partial charge in [0.25, 0.3) is 0 Å². The highest BCUT2D eigenvalue weighted by atomic mass is 16.1. The lowest BCUT2D eigenvalue weighted by molar-refractivity contribution is 0.104. The first-order valence-corrected chi connectivity index (χ1v) is 7.83. The first-order valence-electron chi connectivity index (χ1n) is 7.83. The molecule has 24 heavy (non-hydrogen) atoms. The molecule has 2 aromatic heterocycles. The molecular weight excluding hydrogens is 296 g/mol. The van der Waals surface area contributed by atoms with E-state index < -0.39 is 0 Å². The van der Waals surface area contributed by atoms with Gasteiger partial charge < -0.3 is 9.97 Å². The monoisotopic (exact) mass is 312 g/mol. The van der Waals surface area contributed by atoms with Crippen molar-refractivity contribution in [3.63, 3.8) is 0 Å². The summed E-state index contributed by atoms with van der Waals surface area (Å²) in [5.74, 6) is -0.00156. The third-order valence-electron chi connectivity index (χ3n) is 4.11. The second-order valence-electron chi connectivity index (χ2n) is 5.65. The Balaban J connectivity index is 1.55. The van der Waals surface area contributed by atoms with Crippen molar-refractivity contribution in [1.82, 2.24) is 9.97 Å². The lowest BCUT2D eigenvalue weighted by Gasteiger charge is -2.00. The highest BCUT2D eigenvalue weighted by Crippen LogP contribution is 2.20. The van der Waals surface area contributed by atoms with Gasteiger partial charge in [0.05, 0.1) is 0 Å². The molecule has 0 spiro atoms. The van der Waals surface area contributed by atoms with Crippen LogP contribution in [0.3, 0.4) is 0 Å². The molecule has 2 N–H and O–H groups in total. The van der Waals surface area contributed by atoms with E-state index in [2.05, 4.69) is 9.97 Å². The van der Waals surface area contributed by atoms with Crippen LogP contribution in [0.25, 0.3) is 28.2 Å². The predicted octanol–water partition coefficient (Wildman–Crippen LogP) is 5.06. The number of carbonyl (C=O) groups is 1. The SMILES string of the molecule is O=C(/C=C/c1c[nH]c2ccccc12)c1ccc(-c2ccc[nH]2)cc1. The Morgan fingerprint density at radius 2 is 1.71 bits per heavy atom. The quantitative estimate of drug-likeness (QED) is 0.401. The number of para-hydroxylation sites is 1. The maximum absolute atomic E-state index is 12.4. The fourth-order valence-corrected chi connectivity index (χ4v) is 2.82. The second-order valence-corrected chi connectivity index (χ2v) is 5.65. The lowest BCUT2D eigenvalue weighted by Crippen LogP contribution is -1.93. The van der Waals surface area contributed by atoms with E-state index >= 15 is 0 Å². The van der Waals surface area contributed by atoms with Gasteiger partial charge in [0.15, 0.2) is 5.78 Å². The van der Waals surface area contributed by atoms with Crippen molar-refractivity contribution in [2.45, 2.75) is 0 Å². The summed E-state index contributed by atoms with van der Waals surface area (Å²) in [6, 6.07) is 19.6. The highest BCUT2D eigenvalue weighted by Gasteiger charge is 2.04. The van der Waals surface area contributed by atoms with E-state index in [4.69, 9.17) is 0 Å². The van der Waals surface area contributed by atoms with Crippen molar-refractivity contribution in [2.75, 3.05) is 0 Å². The minimum absolute atomic E-state index is 0.00156. The molecule has 4 rings (SSSR count). The molecule has 4 aromatic rings. The molecule has 0 amide bonds. The van der Waals surface area contributed by atoms with Crippen LogP contribution in [-0.2, 0) is 0 Å². The summed E-state index contributed by atoms with van der Waals surface area (Å²) in [5.41, 5.74) is 4.88.